The Morgan fingerprint density at radius 3 is 1.90 bits per heavy atom. The highest BCUT2D eigenvalue weighted by molar-refractivity contribution is 6.32. The number of hydrogen-bond donors (Lipinski definition) is 22. The van der Waals surface area contributed by atoms with Gasteiger partial charge in [-0.3, -0.25) is 33.6 Å². The maximum atomic E-state index is 16.4. The van der Waals surface area contributed by atoms with Gasteiger partial charge in [0.05, 0.1) is 41.3 Å². The van der Waals surface area contributed by atoms with Crippen LogP contribution in [0.25, 0.3) is 11.1 Å². The number of phenolic OH excluding ortho intramolecular Hbond substituents is 3. The minimum atomic E-state index is -4.97. The number of aliphatic hydroxyl groups is 8. The van der Waals surface area contributed by atoms with Crippen molar-refractivity contribution in [3.63, 3.8) is 0 Å². The summed E-state index contributed by atoms with van der Waals surface area (Å²) in [5.74, 6) is -17.6. The van der Waals surface area contributed by atoms with Gasteiger partial charge in [0.15, 0.2) is 30.1 Å². The number of primary amides is 1. The summed E-state index contributed by atoms with van der Waals surface area (Å²) in [6.45, 7) is 4.87. The molecule has 7 amide bonds. The van der Waals surface area contributed by atoms with Crippen LogP contribution in [-0.4, -0.2) is 245 Å². The maximum absolute atomic E-state index is 16.4. The van der Waals surface area contributed by atoms with E-state index in [1.54, 1.807) is 13.8 Å². The fraction of sp³-hybridized carbons (Fsp3) is 0.450. The smallest absolute Gasteiger partial charge is 0.508 e. The number of fused-ring (bicyclic) bond motifs is 15. The van der Waals surface area contributed by atoms with Gasteiger partial charge in [-0.2, -0.15) is 0 Å². The van der Waals surface area contributed by atoms with Crippen molar-refractivity contribution in [3.05, 3.63) is 147 Å². The van der Waals surface area contributed by atoms with Gasteiger partial charge < -0.3 is 158 Å². The molecule has 23 atom stereocenters. The van der Waals surface area contributed by atoms with E-state index in [1.807, 2.05) is 0 Å². The minimum Gasteiger partial charge on any atom is -0.508 e. The Hall–Kier alpha value is -10.6. The van der Waals surface area contributed by atoms with Gasteiger partial charge in [0, 0.05) is 47.8 Å². The first-order valence-corrected chi connectivity index (χ1v) is 39.4. The zero-order valence-electron chi connectivity index (χ0n) is 66.2. The van der Waals surface area contributed by atoms with Crippen LogP contribution in [0.3, 0.4) is 0 Å². The Labute approximate surface area is 712 Å². The topological polar surface area (TPSA) is 611 Å². The number of hydrogen-bond acceptors (Lipinski definition) is 31. The molecule has 670 valence electrons. The Bertz CT molecular complexity index is 5000. The van der Waals surface area contributed by atoms with E-state index in [-0.39, 0.29) is 43.0 Å². The zero-order chi connectivity index (χ0) is 90.2. The average Bonchev–Trinajstić information content (AvgIpc) is 0.766. The number of benzene rings is 6. The monoisotopic (exact) mass is 1780 g/mol. The predicted molar refractivity (Wildman–Crippen MR) is 420 cm³/mol. The van der Waals surface area contributed by atoms with Crippen LogP contribution in [0.1, 0.15) is 111 Å². The fourth-order valence-corrected chi connectivity index (χ4v) is 15.6. The number of halogens is 5. The summed E-state index contributed by atoms with van der Waals surface area (Å²) in [4.78, 5) is 120. The summed E-state index contributed by atoms with van der Waals surface area (Å²) in [6, 6.07) is 3.18. The fourth-order valence-electron chi connectivity index (χ4n) is 15.2. The van der Waals surface area contributed by atoms with Crippen LogP contribution in [0.15, 0.2) is 103 Å². The van der Waals surface area contributed by atoms with Gasteiger partial charge >= 0.3 is 12.3 Å². The van der Waals surface area contributed by atoms with Crippen molar-refractivity contribution in [2.24, 2.45) is 17.4 Å². The molecule has 6 aromatic carbocycles. The van der Waals surface area contributed by atoms with Crippen molar-refractivity contribution in [1.29, 1.82) is 0 Å². The van der Waals surface area contributed by atoms with E-state index >= 15 is 24.0 Å². The number of amides is 7. The largest absolute Gasteiger partial charge is 0.573 e. The van der Waals surface area contributed by atoms with Crippen molar-refractivity contribution < 1.29 is 155 Å². The number of alkyl halides is 3. The van der Waals surface area contributed by atoms with E-state index in [0.717, 1.165) is 84.9 Å². The molecule has 8 heterocycles. The molecular formula is C80H91Cl2F3N10O29. The minimum absolute atomic E-state index is 0.0767. The average molecular weight is 1780 g/mol. The maximum Gasteiger partial charge on any atom is 0.573 e. The van der Waals surface area contributed by atoms with Crippen LogP contribution in [-0.2, 0) is 68.6 Å². The van der Waals surface area contributed by atoms with Crippen LogP contribution in [0, 0.1) is 5.92 Å². The van der Waals surface area contributed by atoms with E-state index in [4.69, 9.17) is 72.6 Å². The van der Waals surface area contributed by atoms with E-state index < -0.39 is 296 Å². The van der Waals surface area contributed by atoms with Gasteiger partial charge in [0.1, 0.15) is 126 Å². The first kappa shape index (κ1) is 92.6. The van der Waals surface area contributed by atoms with Crippen LogP contribution in [0.2, 0.25) is 10.0 Å². The first-order valence-electron chi connectivity index (χ1n) is 38.7. The molecule has 3 saturated heterocycles. The molecule has 6 aromatic rings. The van der Waals surface area contributed by atoms with Crippen LogP contribution in [0.5, 0.6) is 51.7 Å². The lowest BCUT2D eigenvalue weighted by Gasteiger charge is -2.46. The number of aromatic hydroxyl groups is 3. The van der Waals surface area contributed by atoms with Gasteiger partial charge in [0.2, 0.25) is 53.4 Å². The third-order valence-electron chi connectivity index (χ3n) is 21.5. The zero-order valence-corrected chi connectivity index (χ0v) is 67.7. The second-order valence-electron chi connectivity index (χ2n) is 31.2. The third kappa shape index (κ3) is 20.7. The molecule has 44 heteroatoms. The number of carbonyl (C=O) groups excluding carboxylic acids is 7. The number of nitrogens with one attached hydrogen (secondary N) is 8. The Balaban J connectivity index is 1.03. The summed E-state index contributed by atoms with van der Waals surface area (Å²) >= 11 is 14.4. The molecule has 39 nitrogen and oxygen atoms in total. The van der Waals surface area contributed by atoms with Crippen molar-refractivity contribution >= 4 is 70.5 Å². The number of nitrogens with two attached hydrogens (primary N) is 2. The molecule has 0 radical (unpaired) electrons. The highest BCUT2D eigenvalue weighted by atomic mass is 35.5. The number of aliphatic carboxylic acids is 1. The molecular weight excluding hydrogens is 1690 g/mol. The molecule has 0 aromatic heterocycles. The molecule has 1 unspecified atom stereocenters. The molecule has 124 heavy (non-hydrogen) atoms. The number of likely N-dealkylation sites (N-methyl/N-ethyl adjacent to an activating group) is 1. The van der Waals surface area contributed by atoms with Crippen LogP contribution < -0.4 is 72.9 Å². The lowest BCUT2D eigenvalue weighted by Crippen LogP contribution is -2.65. The Kier molecular flexibility index (Phi) is 28.4. The van der Waals surface area contributed by atoms with Crippen LogP contribution in [0.4, 0.5) is 13.2 Å². The molecule has 8 aliphatic heterocycles. The van der Waals surface area contributed by atoms with E-state index in [2.05, 4.69) is 47.3 Å². The molecule has 8 aliphatic rings. The molecule has 0 saturated carbocycles. The molecule has 24 N–H and O–H groups in total. The molecule has 11 bridgehead atoms. The summed E-state index contributed by atoms with van der Waals surface area (Å²) in [6.07, 6.45) is -35.1. The van der Waals surface area contributed by atoms with Gasteiger partial charge in [-0.25, -0.2) is 4.79 Å². The van der Waals surface area contributed by atoms with Crippen molar-refractivity contribution in [2.45, 2.75) is 200 Å². The predicted octanol–water partition coefficient (Wildman–Crippen LogP) is 0.626. The molecule has 0 spiro atoms. The number of carboxylic acids is 1. The quantitative estimate of drug-likeness (QED) is 0.0498. The summed E-state index contributed by atoms with van der Waals surface area (Å²) in [5.41, 5.74) is 8.18. The van der Waals surface area contributed by atoms with Crippen LogP contribution >= 0.6 is 23.2 Å². The lowest BCUT2D eigenvalue weighted by atomic mass is 9.86. The highest BCUT2D eigenvalue weighted by Crippen LogP contribution is 2.50. The summed E-state index contributed by atoms with van der Waals surface area (Å²) < 4.78 is 93.3. The van der Waals surface area contributed by atoms with Crippen molar-refractivity contribution in [1.82, 2.24) is 42.5 Å². The molecule has 3 fully saturated rings. The number of carboxylic acid groups (broad SMARTS) is 1. The number of carbonyl (C=O) groups is 8. The van der Waals surface area contributed by atoms with E-state index in [1.165, 1.54) is 39.1 Å². The second-order valence-corrected chi connectivity index (χ2v) is 32.0. The van der Waals surface area contributed by atoms with E-state index in [0.29, 0.717) is 5.56 Å². The first-order chi connectivity index (χ1) is 58.5. The molecule has 14 rings (SSSR count). The Morgan fingerprint density at radius 1 is 0.669 bits per heavy atom. The third-order valence-corrected chi connectivity index (χ3v) is 22.1. The highest BCUT2D eigenvalue weighted by Gasteiger charge is 2.53. The second kappa shape index (κ2) is 38.1. The standard InChI is InChI=1S/C80H91Cl2F3N10O29/c1-29(2)16-42(88-5)70(108)94-58-60(101)33-9-14-46(40(81)18-33)117-48-20-35-21-49(67(48)122-78-65(106)63(104)68(51(28-96)120-78)123-77-64(105)62(103)61(102)50(119-77)27-89-26-31-6-11-37(12-7-31)124-80(83,84)85)118-47-15-10-34(19-41(47)82)66(121-53-25-79(4,87)69(107)30(3)116-53)59-75(113)93-57(76(114)115)39-22-36(97)23-45(99)54(39)38-17-32(8-13-44(38)98)55(72(110)95-59)92-73(111)56(35)91-71(109)43(24-52(86)100)90-74(58)112/h6-15,17-23,29-30,42-43,50-51,53,55-66,68-69,77-78,88-89,96-99,101-107H,16,24-28,87H2,1-5H3,(H2,86,100)(H,90,112)(H,91,109)(H,92,111)(H,93,113)(H,94,108)(H,95,110)(H,114,115)/t30-,42+,43-,50+,51+,53?,55+,56+,57+,58+,59-,60+,61-,62-,63+,64+,65+,66+,68+,69-,77-,78-,79-/m0/s1. The lowest BCUT2D eigenvalue weighted by molar-refractivity contribution is -0.350. The Morgan fingerprint density at radius 2 is 1.28 bits per heavy atom. The number of rotatable bonds is 20. The van der Waals surface area contributed by atoms with Gasteiger partial charge in [-0.15, -0.1) is 13.2 Å². The number of phenols is 3. The van der Waals surface area contributed by atoms with E-state index in [9.17, 15) is 88.8 Å². The summed E-state index contributed by atoms with van der Waals surface area (Å²) in [5, 5.41) is 158. The number of ether oxygens (including phenoxy) is 9. The SMILES string of the molecule is CN[C@H](CC(C)C)C(=O)N[C@H]1C(=O)N[C@@H](CC(N)=O)C(=O)N[C@H]2C(=O)N[C@H]3C(=O)N[C@H](C(=O)N[C@@H](C(=O)O)c4cc(O)cc(O)c4-c4cc3ccc4O)[C@H](OC3C[C@](C)(N)[C@@H](O)[C@H](C)O3)c3ccc(c(Cl)c3)Oc3cc2cc(c3O[C@@H]2O[C@H](CO)[C@@H](O[C@@H]3O[C@H](CNCc4ccc(OC(F)(F)F)cc4)[C@H](O)[C@H](O)[C@H]3O)[C@H](O)[C@H]2O)Oc2ccc(cc2Cl)[C@H]1O. The summed E-state index contributed by atoms with van der Waals surface area (Å²) in [7, 11) is 1.45. The van der Waals surface area contributed by atoms with Gasteiger partial charge in [-0.1, -0.05) is 67.4 Å². The normalized spacial score (nSPS) is 30.0. The van der Waals surface area contributed by atoms with Gasteiger partial charge in [0.25, 0.3) is 0 Å². The van der Waals surface area contributed by atoms with Gasteiger partial charge in [-0.05, 0) is 128 Å². The van der Waals surface area contributed by atoms with Crippen molar-refractivity contribution in [2.75, 3.05) is 20.2 Å². The van der Waals surface area contributed by atoms with Crippen molar-refractivity contribution in [3.8, 4) is 62.9 Å². The molecule has 0 aliphatic carbocycles. The number of aliphatic hydroxyl groups excluding tert-OH is 8.